The van der Waals surface area contributed by atoms with Crippen molar-refractivity contribution in [1.82, 2.24) is 0 Å². The van der Waals surface area contributed by atoms with E-state index < -0.39 is 5.41 Å². The van der Waals surface area contributed by atoms with E-state index in [1.165, 1.54) is 60.8 Å². The van der Waals surface area contributed by atoms with Crippen LogP contribution in [0, 0.1) is 0 Å². The predicted molar refractivity (Wildman–Crippen MR) is 243 cm³/mol. The fourth-order valence-corrected chi connectivity index (χ4v) is 9.81. The van der Waals surface area contributed by atoms with Crippen LogP contribution in [-0.4, -0.2) is 0 Å². The number of fused-ring (bicyclic) bond motifs is 7. The van der Waals surface area contributed by atoms with Gasteiger partial charge in [0.25, 0.3) is 0 Å². The minimum absolute atomic E-state index is 0.351. The molecule has 276 valence electrons. The molecular formula is C56H41NO. The van der Waals surface area contributed by atoms with Crippen molar-refractivity contribution in [2.75, 3.05) is 4.90 Å². The number of anilines is 3. The maximum absolute atomic E-state index is 6.38. The van der Waals surface area contributed by atoms with Gasteiger partial charge in [0.15, 0.2) is 0 Å². The average Bonchev–Trinajstić information content (AvgIpc) is 3.80. The van der Waals surface area contributed by atoms with Gasteiger partial charge in [0.2, 0.25) is 0 Å². The number of benzene rings is 9. The van der Waals surface area contributed by atoms with E-state index in [-0.39, 0.29) is 0 Å². The Morgan fingerprint density at radius 2 is 1.07 bits per heavy atom. The molecule has 1 heterocycles. The first-order valence-electron chi connectivity index (χ1n) is 20.3. The predicted octanol–water partition coefficient (Wildman–Crippen LogP) is 15.4. The molecular weight excluding hydrogens is 703 g/mol. The summed E-state index contributed by atoms with van der Waals surface area (Å²) in [4.78, 5) is 2.48. The molecule has 0 saturated heterocycles. The van der Waals surface area contributed by atoms with Crippen LogP contribution in [-0.2, 0) is 5.41 Å². The zero-order valence-corrected chi connectivity index (χ0v) is 32.6. The first kappa shape index (κ1) is 34.1. The van der Waals surface area contributed by atoms with Gasteiger partial charge < -0.3 is 9.32 Å². The van der Waals surface area contributed by atoms with Crippen LogP contribution in [0.15, 0.2) is 211 Å². The molecule has 0 saturated carbocycles. The summed E-state index contributed by atoms with van der Waals surface area (Å²) in [5.41, 5.74) is 16.0. The van der Waals surface area contributed by atoms with Crippen molar-refractivity contribution in [1.29, 1.82) is 0 Å². The summed E-state index contributed by atoms with van der Waals surface area (Å²) < 4.78 is 6.38. The van der Waals surface area contributed by atoms with Crippen LogP contribution in [0.5, 0.6) is 0 Å². The minimum atomic E-state index is -0.546. The van der Waals surface area contributed by atoms with E-state index in [4.69, 9.17) is 4.42 Å². The molecule has 9 aromatic carbocycles. The number of nitrogens with zero attached hydrogens (tertiary/aromatic N) is 1. The van der Waals surface area contributed by atoms with E-state index in [2.05, 4.69) is 219 Å². The van der Waals surface area contributed by atoms with Gasteiger partial charge in [-0.15, -0.1) is 0 Å². The lowest BCUT2D eigenvalue weighted by atomic mass is 9.67. The Balaban J connectivity index is 1.26. The van der Waals surface area contributed by atoms with Gasteiger partial charge in [-0.2, -0.15) is 0 Å². The van der Waals surface area contributed by atoms with Crippen molar-refractivity contribution in [3.63, 3.8) is 0 Å². The molecule has 1 aliphatic rings. The maximum atomic E-state index is 6.38. The number of rotatable bonds is 7. The molecule has 2 nitrogen and oxygen atoms in total. The molecule has 0 amide bonds. The van der Waals surface area contributed by atoms with Crippen molar-refractivity contribution >= 4 is 49.8 Å². The van der Waals surface area contributed by atoms with E-state index in [0.717, 1.165) is 39.0 Å². The van der Waals surface area contributed by atoms with E-state index in [9.17, 15) is 0 Å². The van der Waals surface area contributed by atoms with Crippen LogP contribution in [0.1, 0.15) is 47.6 Å². The van der Waals surface area contributed by atoms with Gasteiger partial charge in [0.05, 0.1) is 11.1 Å². The summed E-state index contributed by atoms with van der Waals surface area (Å²) in [5.74, 6) is 0.351. The van der Waals surface area contributed by atoms with E-state index in [1.807, 2.05) is 6.07 Å². The molecule has 0 radical (unpaired) electrons. The molecule has 0 aliphatic heterocycles. The first-order chi connectivity index (χ1) is 28.6. The molecule has 0 atom stereocenters. The van der Waals surface area contributed by atoms with E-state index >= 15 is 0 Å². The third-order valence-electron chi connectivity index (χ3n) is 12.3. The summed E-state index contributed by atoms with van der Waals surface area (Å²) in [6, 6.07) is 75.6. The zero-order valence-electron chi connectivity index (χ0n) is 32.6. The van der Waals surface area contributed by atoms with Crippen molar-refractivity contribution in [3.05, 3.63) is 234 Å². The third-order valence-corrected chi connectivity index (χ3v) is 12.3. The van der Waals surface area contributed by atoms with Crippen LogP contribution in [0.25, 0.3) is 55.0 Å². The van der Waals surface area contributed by atoms with Crippen LogP contribution in [0.2, 0.25) is 0 Å². The first-order valence-corrected chi connectivity index (χ1v) is 20.3. The monoisotopic (exact) mass is 743 g/mol. The molecule has 0 N–H and O–H groups in total. The number of furan rings is 1. The van der Waals surface area contributed by atoms with Gasteiger partial charge in [-0.25, -0.2) is 0 Å². The summed E-state index contributed by atoms with van der Waals surface area (Å²) in [5, 5.41) is 4.63. The Bertz CT molecular complexity index is 3100. The normalized spacial score (nSPS) is 12.9. The van der Waals surface area contributed by atoms with Crippen LogP contribution < -0.4 is 4.90 Å². The molecule has 2 heteroatoms. The lowest BCUT2D eigenvalue weighted by Crippen LogP contribution is -2.28. The van der Waals surface area contributed by atoms with Gasteiger partial charge >= 0.3 is 0 Å². The minimum Gasteiger partial charge on any atom is -0.456 e. The number of hydrogen-bond acceptors (Lipinski definition) is 2. The molecule has 0 fully saturated rings. The lowest BCUT2D eigenvalue weighted by Gasteiger charge is -2.35. The zero-order chi connectivity index (χ0) is 38.8. The van der Waals surface area contributed by atoms with Crippen LogP contribution in [0.3, 0.4) is 0 Å². The van der Waals surface area contributed by atoms with Gasteiger partial charge in [0, 0.05) is 27.7 Å². The Morgan fingerprint density at radius 1 is 0.448 bits per heavy atom. The molecule has 0 unspecified atom stereocenters. The van der Waals surface area contributed by atoms with Crippen LogP contribution >= 0.6 is 0 Å². The average molecular weight is 744 g/mol. The van der Waals surface area contributed by atoms with E-state index in [0.29, 0.717) is 5.92 Å². The van der Waals surface area contributed by atoms with Crippen molar-refractivity contribution in [2.24, 2.45) is 0 Å². The van der Waals surface area contributed by atoms with Crippen molar-refractivity contribution in [2.45, 2.75) is 25.2 Å². The smallest absolute Gasteiger partial charge is 0.135 e. The van der Waals surface area contributed by atoms with Crippen molar-refractivity contribution in [3.8, 4) is 22.3 Å². The Morgan fingerprint density at radius 3 is 1.81 bits per heavy atom. The third kappa shape index (κ3) is 5.11. The largest absolute Gasteiger partial charge is 0.456 e. The summed E-state index contributed by atoms with van der Waals surface area (Å²) in [6.07, 6.45) is 0. The highest BCUT2D eigenvalue weighted by Gasteiger charge is 2.47. The van der Waals surface area contributed by atoms with Gasteiger partial charge in [-0.3, -0.25) is 0 Å². The highest BCUT2D eigenvalue weighted by atomic mass is 16.3. The van der Waals surface area contributed by atoms with Crippen LogP contribution in [0.4, 0.5) is 17.1 Å². The SMILES string of the molecule is CC(C)c1cccc2c1-c1ccc(N(c3ccc4oc5ccccc5c4c3)c3ccc4ccccc4c3-c3ccccc3)cc1C2(c1ccccc1)c1ccccc1. The summed E-state index contributed by atoms with van der Waals surface area (Å²) in [7, 11) is 0. The number of para-hydroxylation sites is 1. The van der Waals surface area contributed by atoms with Gasteiger partial charge in [-0.1, -0.05) is 178 Å². The number of hydrogen-bond donors (Lipinski definition) is 0. The maximum Gasteiger partial charge on any atom is 0.135 e. The Hall–Kier alpha value is -7.16. The fraction of sp³-hybridized carbons (Fsp3) is 0.0714. The summed E-state index contributed by atoms with van der Waals surface area (Å²) >= 11 is 0. The molecule has 0 spiro atoms. The quantitative estimate of drug-likeness (QED) is 0.162. The van der Waals surface area contributed by atoms with Gasteiger partial charge in [0.1, 0.15) is 11.2 Å². The highest BCUT2D eigenvalue weighted by Crippen LogP contribution is 2.59. The second-order valence-corrected chi connectivity index (χ2v) is 15.8. The molecule has 11 rings (SSSR count). The second-order valence-electron chi connectivity index (χ2n) is 15.8. The topological polar surface area (TPSA) is 16.4 Å². The van der Waals surface area contributed by atoms with Crippen molar-refractivity contribution < 1.29 is 4.42 Å². The molecule has 10 aromatic rings. The molecule has 58 heavy (non-hydrogen) atoms. The fourth-order valence-electron chi connectivity index (χ4n) is 9.81. The Labute approximate surface area is 339 Å². The summed E-state index contributed by atoms with van der Waals surface area (Å²) in [6.45, 7) is 4.63. The second kappa shape index (κ2) is 13.5. The lowest BCUT2D eigenvalue weighted by molar-refractivity contribution is 0.669. The van der Waals surface area contributed by atoms with E-state index in [1.54, 1.807) is 0 Å². The Kier molecular flexibility index (Phi) is 7.94. The standard InChI is InChI=1S/C56H41NO/c1-37(2)44-26-16-27-49-55(44)47-32-30-43(36-50(47)56(49,40-20-8-4-9-21-40)41-22-10-5-11-23-41)57(42-31-34-53-48(35-42)46-25-14-15-28-52(46)58-53)51-33-29-38-17-12-13-24-45(38)54(51)39-18-6-3-7-19-39/h3-37H,1-2H3. The molecule has 1 aromatic heterocycles. The molecule has 1 aliphatic carbocycles. The van der Waals surface area contributed by atoms with Gasteiger partial charge in [-0.05, 0) is 104 Å². The molecule has 0 bridgehead atoms. The highest BCUT2D eigenvalue weighted by molar-refractivity contribution is 6.09.